The number of methoxy groups -OCH3 is 1. The van der Waals surface area contributed by atoms with Gasteiger partial charge in [-0.15, -0.1) is 0 Å². The molecule has 0 saturated carbocycles. The van der Waals surface area contributed by atoms with Crippen molar-refractivity contribution in [1.29, 1.82) is 0 Å². The third-order valence-corrected chi connectivity index (χ3v) is 3.48. The summed E-state index contributed by atoms with van der Waals surface area (Å²) in [5.74, 6) is -0.645. The molecule has 0 bridgehead atoms. The Kier molecular flexibility index (Phi) is 4.43. The van der Waals surface area contributed by atoms with Crippen LogP contribution in [0.15, 0.2) is 42.9 Å². The number of nitrogens with one attached hydrogen (secondary N) is 1. The van der Waals surface area contributed by atoms with Gasteiger partial charge in [0.15, 0.2) is 11.6 Å². The number of benzene rings is 1. The van der Waals surface area contributed by atoms with Crippen molar-refractivity contribution in [1.82, 2.24) is 9.97 Å². The van der Waals surface area contributed by atoms with Gasteiger partial charge in [0.05, 0.1) is 24.6 Å². The average molecular weight is 315 g/mol. The maximum absolute atomic E-state index is 13.8. The predicted octanol–water partition coefficient (Wildman–Crippen LogP) is 3.63. The fourth-order valence-electron chi connectivity index (χ4n) is 2.36. The maximum Gasteiger partial charge on any atom is 0.152 e. The average Bonchev–Trinajstić information content (AvgIpc) is 2.55. The Balaban J connectivity index is 1.95. The third kappa shape index (κ3) is 3.27. The maximum atomic E-state index is 13.8. The number of rotatable bonds is 5. The van der Waals surface area contributed by atoms with Gasteiger partial charge in [-0.3, -0.25) is 4.98 Å². The van der Waals surface area contributed by atoms with Crippen LogP contribution < -0.4 is 5.32 Å². The minimum atomic E-state index is -0.685. The molecule has 0 unspecified atom stereocenters. The van der Waals surface area contributed by atoms with E-state index in [1.165, 1.54) is 0 Å². The van der Waals surface area contributed by atoms with Crippen LogP contribution in [0.1, 0.15) is 0 Å². The van der Waals surface area contributed by atoms with Crippen LogP contribution in [-0.2, 0) is 4.74 Å². The van der Waals surface area contributed by atoms with E-state index in [-0.39, 0.29) is 5.56 Å². The number of fused-ring (bicyclic) bond motifs is 1. The topological polar surface area (TPSA) is 47.0 Å². The molecule has 0 radical (unpaired) electrons. The lowest BCUT2D eigenvalue weighted by atomic mass is 10.0. The zero-order valence-electron chi connectivity index (χ0n) is 12.5. The van der Waals surface area contributed by atoms with Gasteiger partial charge in [-0.05, 0) is 23.1 Å². The number of aromatic nitrogens is 2. The number of ether oxygens (including phenoxy) is 1. The van der Waals surface area contributed by atoms with Crippen LogP contribution >= 0.6 is 0 Å². The highest BCUT2D eigenvalue weighted by molar-refractivity contribution is 5.88. The Bertz CT molecular complexity index is 819. The van der Waals surface area contributed by atoms with E-state index in [1.807, 2.05) is 12.1 Å². The summed E-state index contributed by atoms with van der Waals surface area (Å²) in [6, 6.07) is 7.09. The van der Waals surface area contributed by atoms with Crippen LogP contribution in [0.2, 0.25) is 0 Å². The lowest BCUT2D eigenvalue weighted by molar-refractivity contribution is 0.210. The lowest BCUT2D eigenvalue weighted by Gasteiger charge is -2.08. The fraction of sp³-hybridized carbons (Fsp3) is 0.176. The molecule has 2 heterocycles. The minimum absolute atomic E-state index is 0.0794. The number of hydrogen-bond donors (Lipinski definition) is 1. The minimum Gasteiger partial charge on any atom is -0.383 e. The van der Waals surface area contributed by atoms with E-state index in [2.05, 4.69) is 15.3 Å². The monoisotopic (exact) mass is 315 g/mol. The molecule has 1 aromatic carbocycles. The summed E-state index contributed by atoms with van der Waals surface area (Å²) in [5, 5.41) is 4.87. The molecule has 0 amide bonds. The number of pyridine rings is 2. The quantitative estimate of drug-likeness (QED) is 0.730. The molecule has 2 aromatic heterocycles. The van der Waals surface area contributed by atoms with E-state index in [0.717, 1.165) is 29.0 Å². The summed E-state index contributed by atoms with van der Waals surface area (Å²) < 4.78 is 32.6. The van der Waals surface area contributed by atoms with E-state index in [0.29, 0.717) is 18.7 Å². The molecule has 0 aliphatic heterocycles. The molecule has 6 heteroatoms. The van der Waals surface area contributed by atoms with Crippen LogP contribution in [0.3, 0.4) is 0 Å². The van der Waals surface area contributed by atoms with Gasteiger partial charge in [0.2, 0.25) is 0 Å². The van der Waals surface area contributed by atoms with Crippen LogP contribution in [-0.4, -0.2) is 30.2 Å². The van der Waals surface area contributed by atoms with E-state index in [9.17, 15) is 8.78 Å². The number of hydrogen-bond acceptors (Lipinski definition) is 4. The van der Waals surface area contributed by atoms with Crippen LogP contribution in [0.25, 0.3) is 21.9 Å². The van der Waals surface area contributed by atoms with Crippen molar-refractivity contribution in [3.05, 3.63) is 54.5 Å². The van der Waals surface area contributed by atoms with Crippen molar-refractivity contribution in [2.75, 3.05) is 25.6 Å². The van der Waals surface area contributed by atoms with Crippen molar-refractivity contribution in [3.63, 3.8) is 0 Å². The Labute approximate surface area is 132 Å². The summed E-state index contributed by atoms with van der Waals surface area (Å²) in [7, 11) is 1.63. The summed E-state index contributed by atoms with van der Waals surface area (Å²) in [6.45, 7) is 1.24. The molecule has 23 heavy (non-hydrogen) atoms. The molecular weight excluding hydrogens is 300 g/mol. The first kappa shape index (κ1) is 15.3. The van der Waals surface area contributed by atoms with Gasteiger partial charge in [-0.25, -0.2) is 13.8 Å². The second-order valence-electron chi connectivity index (χ2n) is 5.03. The van der Waals surface area contributed by atoms with Crippen LogP contribution in [0, 0.1) is 11.6 Å². The van der Waals surface area contributed by atoms with Gasteiger partial charge in [0, 0.05) is 25.2 Å². The van der Waals surface area contributed by atoms with E-state index in [4.69, 9.17) is 4.74 Å². The largest absolute Gasteiger partial charge is 0.383 e. The van der Waals surface area contributed by atoms with Crippen molar-refractivity contribution >= 4 is 16.6 Å². The summed E-state index contributed by atoms with van der Waals surface area (Å²) in [5.41, 5.74) is 0.376. The first-order valence-electron chi connectivity index (χ1n) is 7.11. The number of halogens is 2. The highest BCUT2D eigenvalue weighted by atomic mass is 19.1. The van der Waals surface area contributed by atoms with Gasteiger partial charge in [0.25, 0.3) is 0 Å². The summed E-state index contributed by atoms with van der Waals surface area (Å²) in [6.07, 6.45) is 3.68. The van der Waals surface area contributed by atoms with Gasteiger partial charge < -0.3 is 10.1 Å². The molecule has 118 valence electrons. The molecule has 0 aliphatic carbocycles. The third-order valence-electron chi connectivity index (χ3n) is 3.48. The highest BCUT2D eigenvalue weighted by Crippen LogP contribution is 2.28. The molecule has 0 atom stereocenters. The van der Waals surface area contributed by atoms with E-state index in [1.54, 1.807) is 25.4 Å². The zero-order valence-corrected chi connectivity index (χ0v) is 12.5. The Morgan fingerprint density at radius 3 is 2.57 bits per heavy atom. The zero-order chi connectivity index (χ0) is 16.2. The number of nitrogens with zero attached hydrogens (tertiary/aromatic N) is 2. The Morgan fingerprint density at radius 2 is 1.83 bits per heavy atom. The molecule has 0 saturated heterocycles. The standard InChI is InChI=1S/C17H15F2N3O/c1-23-5-4-21-16-7-11-2-3-12(6-13(11)8-22-16)17-14(18)9-20-10-15(17)19/h2-3,6-10H,4-5H2,1H3,(H,21,22). The molecule has 0 aliphatic rings. The second kappa shape index (κ2) is 6.66. The summed E-state index contributed by atoms with van der Waals surface area (Å²) in [4.78, 5) is 7.79. The van der Waals surface area contributed by atoms with Crippen LogP contribution in [0.5, 0.6) is 0 Å². The van der Waals surface area contributed by atoms with Gasteiger partial charge in [0.1, 0.15) is 5.82 Å². The van der Waals surface area contributed by atoms with E-state index >= 15 is 0 Å². The molecule has 4 nitrogen and oxygen atoms in total. The SMILES string of the molecule is COCCNc1cc2ccc(-c3c(F)cncc3F)cc2cn1. The van der Waals surface area contributed by atoms with Crippen LogP contribution in [0.4, 0.5) is 14.6 Å². The lowest BCUT2D eigenvalue weighted by Crippen LogP contribution is -2.08. The van der Waals surface area contributed by atoms with Crippen molar-refractivity contribution in [2.45, 2.75) is 0 Å². The Morgan fingerprint density at radius 1 is 1.04 bits per heavy atom. The summed E-state index contributed by atoms with van der Waals surface area (Å²) >= 11 is 0. The fourth-order valence-corrected chi connectivity index (χ4v) is 2.36. The van der Waals surface area contributed by atoms with Crippen molar-refractivity contribution in [2.24, 2.45) is 0 Å². The number of anilines is 1. The van der Waals surface area contributed by atoms with Gasteiger partial charge >= 0.3 is 0 Å². The first-order chi connectivity index (χ1) is 11.2. The van der Waals surface area contributed by atoms with E-state index < -0.39 is 11.6 Å². The molecular formula is C17H15F2N3O. The smallest absolute Gasteiger partial charge is 0.152 e. The van der Waals surface area contributed by atoms with Gasteiger partial charge in [-0.2, -0.15) is 0 Å². The Hall–Kier alpha value is -2.60. The van der Waals surface area contributed by atoms with Crippen molar-refractivity contribution < 1.29 is 13.5 Å². The molecule has 3 aromatic rings. The second-order valence-corrected chi connectivity index (χ2v) is 5.03. The molecule has 0 fully saturated rings. The predicted molar refractivity (Wildman–Crippen MR) is 85.3 cm³/mol. The normalized spacial score (nSPS) is 10.9. The molecule has 1 N–H and O–H groups in total. The van der Waals surface area contributed by atoms with Crippen molar-refractivity contribution in [3.8, 4) is 11.1 Å². The first-order valence-corrected chi connectivity index (χ1v) is 7.11. The van der Waals surface area contributed by atoms with Gasteiger partial charge in [-0.1, -0.05) is 12.1 Å². The highest BCUT2D eigenvalue weighted by Gasteiger charge is 2.12. The molecule has 3 rings (SSSR count). The molecule has 0 spiro atoms.